The average Bonchev–Trinajstić information content (AvgIpc) is 2.63. The predicted octanol–water partition coefficient (Wildman–Crippen LogP) is 4.77. The number of carboxylic acid groups (broad SMARTS) is 1. The lowest BCUT2D eigenvalue weighted by Crippen LogP contribution is -2.66. The number of fused-ring (bicyclic) bond motifs is 3. The van der Waals surface area contributed by atoms with Crippen LogP contribution in [-0.2, 0) is 15.6 Å². The monoisotopic (exact) mass is 407 g/mol. The Hall–Kier alpha value is -1.07. The number of carbonyl (C=O) groups is 1. The maximum atomic E-state index is 12.2. The molecule has 6 nitrogen and oxygen atoms in total. The Balaban J connectivity index is 1.77. The van der Waals surface area contributed by atoms with Crippen LogP contribution < -0.4 is 0 Å². The van der Waals surface area contributed by atoms with Gasteiger partial charge in [-0.2, -0.15) is 0 Å². The first-order valence-electron chi connectivity index (χ1n) is 10.8. The fourth-order valence-corrected chi connectivity index (χ4v) is 9.48. The molecule has 156 valence electrons. The van der Waals surface area contributed by atoms with E-state index in [1.165, 1.54) is 0 Å². The van der Waals surface area contributed by atoms with Gasteiger partial charge >= 0.3 is 5.97 Å². The second kappa shape index (κ2) is 6.73. The van der Waals surface area contributed by atoms with Gasteiger partial charge in [0.25, 0.3) is 0 Å². The fraction of sp³-hybridized carbons (Fsp3) is 0.952. The molecule has 0 heterocycles. The molecular formula is C21H33N3O3S. The van der Waals surface area contributed by atoms with Crippen LogP contribution >= 0.6 is 0 Å². The molecule has 7 heteroatoms. The molecule has 0 aromatic rings. The molecule has 1 unspecified atom stereocenters. The molecule has 5 rings (SSSR count). The first-order chi connectivity index (χ1) is 13.2. The number of hydrogen-bond donors (Lipinski definition) is 1. The zero-order chi connectivity index (χ0) is 20.3. The van der Waals surface area contributed by atoms with Gasteiger partial charge in [0.2, 0.25) is 0 Å². The summed E-state index contributed by atoms with van der Waals surface area (Å²) in [6.45, 7) is 4.30. The highest BCUT2D eigenvalue weighted by molar-refractivity contribution is 7.84. The van der Waals surface area contributed by atoms with Gasteiger partial charge < -0.3 is 5.11 Å². The molecule has 28 heavy (non-hydrogen) atoms. The van der Waals surface area contributed by atoms with Crippen LogP contribution in [0.1, 0.15) is 65.2 Å². The standard InChI is InChI=1S/C21H33N3O3S/c1-19-7-4-8-20(2,18(25)26)15(19)6-10-21-9-5-13(11-16(19)21)14(12-28(3)27)17(21)23-24-22/h13-17H,4-12H2,1-3H3,(H,25,26)/t13-,14+,15+,16+,17-,19-,20-,21+,28?/m1/s1. The topological polar surface area (TPSA) is 103 Å². The molecule has 5 saturated carbocycles. The summed E-state index contributed by atoms with van der Waals surface area (Å²) in [6.07, 6.45) is 9.70. The molecule has 1 N–H and O–H groups in total. The van der Waals surface area contributed by atoms with Crippen molar-refractivity contribution in [1.82, 2.24) is 0 Å². The first kappa shape index (κ1) is 20.2. The van der Waals surface area contributed by atoms with Crippen LogP contribution in [0.3, 0.4) is 0 Å². The van der Waals surface area contributed by atoms with Crippen LogP contribution in [0, 0.1) is 39.9 Å². The molecule has 0 saturated heterocycles. The number of azide groups is 1. The zero-order valence-electron chi connectivity index (χ0n) is 17.3. The fourth-order valence-electron chi connectivity index (χ4n) is 8.49. The highest BCUT2D eigenvalue weighted by atomic mass is 32.2. The van der Waals surface area contributed by atoms with Crippen molar-refractivity contribution in [2.24, 2.45) is 45.0 Å². The van der Waals surface area contributed by atoms with E-state index in [2.05, 4.69) is 16.9 Å². The van der Waals surface area contributed by atoms with Crippen molar-refractivity contribution in [3.63, 3.8) is 0 Å². The molecule has 1 spiro atoms. The normalized spacial score (nSPS) is 50.8. The lowest BCUT2D eigenvalue weighted by molar-refractivity contribution is -0.209. The van der Waals surface area contributed by atoms with Gasteiger partial charge in [0.15, 0.2) is 0 Å². The molecule has 5 aliphatic carbocycles. The van der Waals surface area contributed by atoms with Crippen molar-refractivity contribution in [3.8, 4) is 0 Å². The largest absolute Gasteiger partial charge is 0.481 e. The summed E-state index contributed by atoms with van der Waals surface area (Å²) in [6, 6.07) is -0.0883. The molecule has 0 aliphatic heterocycles. The van der Waals surface area contributed by atoms with Crippen LogP contribution in [-0.4, -0.2) is 33.3 Å². The van der Waals surface area contributed by atoms with Crippen molar-refractivity contribution in [2.75, 3.05) is 12.0 Å². The van der Waals surface area contributed by atoms with Gasteiger partial charge in [-0.05, 0) is 91.9 Å². The number of aliphatic carboxylic acids is 1. The first-order valence-corrected chi connectivity index (χ1v) is 12.5. The highest BCUT2D eigenvalue weighted by Crippen LogP contribution is 2.72. The van der Waals surface area contributed by atoms with Crippen LogP contribution in [0.2, 0.25) is 0 Å². The summed E-state index contributed by atoms with van der Waals surface area (Å²) in [5.41, 5.74) is 8.65. The minimum absolute atomic E-state index is 0.0120. The highest BCUT2D eigenvalue weighted by Gasteiger charge is 2.68. The minimum atomic E-state index is -0.903. The second-order valence-corrected chi connectivity index (χ2v) is 12.0. The van der Waals surface area contributed by atoms with Crippen LogP contribution in [0.5, 0.6) is 0 Å². The predicted molar refractivity (Wildman–Crippen MR) is 109 cm³/mol. The number of rotatable bonds is 4. The van der Waals surface area contributed by atoms with E-state index in [9.17, 15) is 19.6 Å². The van der Waals surface area contributed by atoms with E-state index in [1.54, 1.807) is 6.26 Å². The summed E-state index contributed by atoms with van der Waals surface area (Å²) in [4.78, 5) is 15.5. The van der Waals surface area contributed by atoms with Crippen molar-refractivity contribution in [3.05, 3.63) is 10.4 Å². The van der Waals surface area contributed by atoms with Crippen LogP contribution in [0.4, 0.5) is 0 Å². The van der Waals surface area contributed by atoms with Crippen LogP contribution in [0.25, 0.3) is 10.4 Å². The van der Waals surface area contributed by atoms with E-state index in [0.29, 0.717) is 17.6 Å². The van der Waals surface area contributed by atoms with Crippen molar-refractivity contribution < 1.29 is 14.1 Å². The molecule has 0 aromatic carbocycles. The van der Waals surface area contributed by atoms with Gasteiger partial charge in [0, 0.05) is 33.8 Å². The van der Waals surface area contributed by atoms with Gasteiger partial charge in [0.1, 0.15) is 0 Å². The Morgan fingerprint density at radius 3 is 2.57 bits per heavy atom. The van der Waals surface area contributed by atoms with E-state index in [4.69, 9.17) is 0 Å². The molecule has 5 aliphatic rings. The molecule has 0 radical (unpaired) electrons. The summed E-state index contributed by atoms with van der Waals surface area (Å²) in [5.74, 6) is 1.23. The summed E-state index contributed by atoms with van der Waals surface area (Å²) >= 11 is 0. The maximum absolute atomic E-state index is 12.2. The SMILES string of the molecule is CS(=O)C[C@H]1[C@@H]2CC[C@@]3(CC[C@H]4[C@@](C)(CCC[C@@]4(C)C(=O)O)[C@@H]3C2)[C@@H]1N=[N+]=[N-]. The summed E-state index contributed by atoms with van der Waals surface area (Å²) in [5, 5.41) is 14.4. The maximum Gasteiger partial charge on any atom is 0.309 e. The third-order valence-electron chi connectivity index (χ3n) is 9.58. The number of hydrogen-bond acceptors (Lipinski definition) is 3. The van der Waals surface area contributed by atoms with Gasteiger partial charge in [-0.15, -0.1) is 0 Å². The van der Waals surface area contributed by atoms with E-state index < -0.39 is 22.2 Å². The van der Waals surface area contributed by atoms with Gasteiger partial charge in [-0.25, -0.2) is 0 Å². The van der Waals surface area contributed by atoms with Gasteiger partial charge in [-0.1, -0.05) is 18.5 Å². The molecule has 2 bridgehead atoms. The van der Waals surface area contributed by atoms with Crippen LogP contribution in [0.15, 0.2) is 5.11 Å². The third-order valence-corrected chi connectivity index (χ3v) is 10.4. The zero-order valence-corrected chi connectivity index (χ0v) is 18.1. The quantitative estimate of drug-likeness (QED) is 0.412. The van der Waals surface area contributed by atoms with E-state index in [-0.39, 0.29) is 28.7 Å². The lowest BCUT2D eigenvalue weighted by atomic mass is 9.35. The average molecular weight is 408 g/mol. The molecule has 5 fully saturated rings. The summed E-state index contributed by atoms with van der Waals surface area (Å²) in [7, 11) is -0.903. The van der Waals surface area contributed by atoms with Crippen molar-refractivity contribution in [2.45, 2.75) is 71.3 Å². The van der Waals surface area contributed by atoms with E-state index in [1.807, 2.05) is 6.92 Å². The lowest BCUT2D eigenvalue weighted by Gasteiger charge is -2.70. The summed E-state index contributed by atoms with van der Waals surface area (Å²) < 4.78 is 12.1. The molecule has 0 amide bonds. The van der Waals surface area contributed by atoms with Crippen molar-refractivity contribution in [1.29, 1.82) is 0 Å². The Bertz CT molecular complexity index is 753. The van der Waals surface area contributed by atoms with E-state index >= 15 is 0 Å². The smallest absolute Gasteiger partial charge is 0.309 e. The Kier molecular flexibility index (Phi) is 4.86. The Morgan fingerprint density at radius 2 is 1.93 bits per heavy atom. The molecule has 9 atom stereocenters. The molecular weight excluding hydrogens is 374 g/mol. The van der Waals surface area contributed by atoms with Gasteiger partial charge in [-0.3, -0.25) is 9.00 Å². The Labute approximate surface area is 169 Å². The second-order valence-electron chi connectivity index (χ2n) is 10.5. The number of carboxylic acids is 1. The number of nitrogens with zero attached hydrogens (tertiary/aromatic N) is 3. The Morgan fingerprint density at radius 1 is 1.21 bits per heavy atom. The van der Waals surface area contributed by atoms with Gasteiger partial charge in [0.05, 0.1) is 5.41 Å². The minimum Gasteiger partial charge on any atom is -0.481 e. The van der Waals surface area contributed by atoms with E-state index in [0.717, 1.165) is 51.4 Å². The third kappa shape index (κ3) is 2.61. The van der Waals surface area contributed by atoms with Crippen molar-refractivity contribution >= 4 is 16.8 Å². The molecule has 0 aromatic heterocycles.